The second kappa shape index (κ2) is 33.3. The molecule has 0 aliphatic rings. The Balaban J connectivity index is 4.84. The Morgan fingerprint density at radius 2 is 0.727 bits per heavy atom. The van der Waals surface area contributed by atoms with Gasteiger partial charge in [0.25, 0.3) is 0 Å². The third-order valence-electron chi connectivity index (χ3n) is 9.71. The first-order valence-electron chi connectivity index (χ1n) is 19.9. The van der Waals surface area contributed by atoms with Gasteiger partial charge < -0.3 is 10.6 Å². The van der Waals surface area contributed by atoms with Crippen molar-refractivity contribution in [1.29, 1.82) is 0 Å². The zero-order valence-electron chi connectivity index (χ0n) is 30.8. The van der Waals surface area contributed by atoms with Gasteiger partial charge in [0, 0.05) is 25.9 Å². The van der Waals surface area contributed by atoms with Gasteiger partial charge in [-0.2, -0.15) is 0 Å². The van der Waals surface area contributed by atoms with Crippen LogP contribution in [-0.4, -0.2) is 24.9 Å². The minimum Gasteiger partial charge on any atom is -0.359 e. The van der Waals surface area contributed by atoms with Gasteiger partial charge in [-0.15, -0.1) is 0 Å². The van der Waals surface area contributed by atoms with E-state index in [2.05, 4.69) is 24.5 Å². The van der Waals surface area contributed by atoms with Crippen LogP contribution in [0, 0.1) is 11.8 Å². The van der Waals surface area contributed by atoms with Crippen LogP contribution in [0.25, 0.3) is 0 Å². The summed E-state index contributed by atoms with van der Waals surface area (Å²) in [7, 11) is 1.74. The average molecular weight is 621 g/mol. The first-order chi connectivity index (χ1) is 21.4. The van der Waals surface area contributed by atoms with Gasteiger partial charge in [0.2, 0.25) is 11.8 Å². The molecule has 0 rings (SSSR count). The lowest BCUT2D eigenvalue weighted by atomic mass is 9.78. The quantitative estimate of drug-likeness (QED) is 0.0703. The van der Waals surface area contributed by atoms with Crippen molar-refractivity contribution in [2.45, 2.75) is 226 Å². The molecule has 0 bridgehead atoms. The number of amides is 2. The highest BCUT2D eigenvalue weighted by Gasteiger charge is 2.20. The fourth-order valence-electron chi connectivity index (χ4n) is 6.92. The molecule has 2 N–H and O–H groups in total. The number of hydrogen-bond donors (Lipinski definition) is 2. The number of hydrogen-bond acceptors (Lipinski definition) is 2. The normalized spacial score (nSPS) is 12.9. The Morgan fingerprint density at radius 3 is 1.05 bits per heavy atom. The maximum Gasteiger partial charge on any atom is 0.220 e. The molecule has 2 atom stereocenters. The number of nitrogens with one attached hydrogen (secondary N) is 2. The monoisotopic (exact) mass is 621 g/mol. The van der Waals surface area contributed by atoms with Crippen LogP contribution < -0.4 is 10.6 Å². The highest BCUT2D eigenvalue weighted by Crippen LogP contribution is 2.33. The molecule has 0 aliphatic carbocycles. The van der Waals surface area contributed by atoms with Gasteiger partial charge in [-0.3, -0.25) is 9.59 Å². The fourth-order valence-corrected chi connectivity index (χ4v) is 6.92. The summed E-state index contributed by atoms with van der Waals surface area (Å²) in [4.78, 5) is 23.5. The van der Waals surface area contributed by atoms with Crippen LogP contribution in [0.1, 0.15) is 220 Å². The molecule has 0 heterocycles. The summed E-state index contributed by atoms with van der Waals surface area (Å²) in [5.41, 5.74) is 0. The molecule has 0 saturated heterocycles. The standard InChI is InChI=1S/C40H80N2O2/c1-6-8-10-12-14-18-24-30-37(32-26-20-16-22-28-34-39(43)41-5)38(31-25-19-15-13-11-9-7-2)33-27-21-17-23-29-35-40(44)42-36(3)4/h36-38H,6-35H2,1-5H3,(H,41,43)(H,42,44). The van der Waals surface area contributed by atoms with Crippen LogP contribution in [0.4, 0.5) is 0 Å². The smallest absolute Gasteiger partial charge is 0.220 e. The van der Waals surface area contributed by atoms with Crippen LogP contribution in [0.2, 0.25) is 0 Å². The molecule has 0 spiro atoms. The second-order valence-electron chi connectivity index (χ2n) is 14.3. The zero-order chi connectivity index (χ0) is 32.5. The van der Waals surface area contributed by atoms with Crippen molar-refractivity contribution < 1.29 is 9.59 Å². The van der Waals surface area contributed by atoms with E-state index in [1.807, 2.05) is 13.8 Å². The predicted molar refractivity (Wildman–Crippen MR) is 194 cm³/mol. The molecule has 2 unspecified atom stereocenters. The maximum atomic E-state index is 12.0. The molecule has 262 valence electrons. The van der Waals surface area contributed by atoms with Gasteiger partial charge in [0.15, 0.2) is 0 Å². The largest absolute Gasteiger partial charge is 0.359 e. The SMILES string of the molecule is CCCCCCCCCC(CCCCCCCC(=O)NC)C(CCCCCCCCC)CCCCCCCC(=O)NC(C)C. The van der Waals surface area contributed by atoms with E-state index in [-0.39, 0.29) is 17.9 Å². The summed E-state index contributed by atoms with van der Waals surface area (Å²) in [6, 6.07) is 0.249. The average Bonchev–Trinajstić information content (AvgIpc) is 3.00. The van der Waals surface area contributed by atoms with E-state index in [4.69, 9.17) is 0 Å². The molecule has 0 saturated carbocycles. The molecule has 44 heavy (non-hydrogen) atoms. The minimum absolute atomic E-state index is 0.185. The minimum atomic E-state index is 0.185. The van der Waals surface area contributed by atoms with Crippen LogP contribution in [0.5, 0.6) is 0 Å². The number of rotatable bonds is 34. The maximum absolute atomic E-state index is 12.0. The molecular formula is C40H80N2O2. The molecule has 0 aliphatic heterocycles. The summed E-state index contributed by atoms with van der Waals surface area (Å²) in [5, 5.41) is 5.78. The first-order valence-corrected chi connectivity index (χ1v) is 19.9. The Kier molecular flexibility index (Phi) is 32.5. The van der Waals surface area contributed by atoms with Crippen LogP contribution in [0.15, 0.2) is 0 Å². The van der Waals surface area contributed by atoms with Gasteiger partial charge in [-0.25, -0.2) is 0 Å². The van der Waals surface area contributed by atoms with E-state index >= 15 is 0 Å². The number of carbonyl (C=O) groups is 2. The van der Waals surface area contributed by atoms with Crippen molar-refractivity contribution in [3.63, 3.8) is 0 Å². The van der Waals surface area contributed by atoms with Crippen molar-refractivity contribution in [1.82, 2.24) is 10.6 Å². The molecular weight excluding hydrogens is 540 g/mol. The van der Waals surface area contributed by atoms with Gasteiger partial charge in [-0.1, -0.05) is 181 Å². The van der Waals surface area contributed by atoms with Crippen LogP contribution in [0.3, 0.4) is 0 Å². The van der Waals surface area contributed by atoms with Crippen LogP contribution in [-0.2, 0) is 9.59 Å². The molecule has 2 amide bonds. The third kappa shape index (κ3) is 29.6. The highest BCUT2D eigenvalue weighted by molar-refractivity contribution is 5.76. The Morgan fingerprint density at radius 1 is 0.432 bits per heavy atom. The number of unbranched alkanes of at least 4 members (excludes halogenated alkanes) is 20. The van der Waals surface area contributed by atoms with E-state index in [1.54, 1.807) is 7.05 Å². The molecule has 0 fully saturated rings. The van der Waals surface area contributed by atoms with E-state index in [1.165, 1.54) is 167 Å². The molecule has 0 aromatic rings. The van der Waals surface area contributed by atoms with Crippen molar-refractivity contribution >= 4 is 11.8 Å². The van der Waals surface area contributed by atoms with Crippen molar-refractivity contribution in [2.75, 3.05) is 7.05 Å². The third-order valence-corrected chi connectivity index (χ3v) is 9.71. The van der Waals surface area contributed by atoms with E-state index in [9.17, 15) is 9.59 Å². The van der Waals surface area contributed by atoms with Crippen molar-refractivity contribution in [2.24, 2.45) is 11.8 Å². The van der Waals surface area contributed by atoms with E-state index in [0.717, 1.165) is 24.7 Å². The zero-order valence-corrected chi connectivity index (χ0v) is 30.8. The highest BCUT2D eigenvalue weighted by atomic mass is 16.2. The summed E-state index contributed by atoms with van der Waals surface area (Å²) in [6.07, 6.45) is 39.2. The fraction of sp³-hybridized carbons (Fsp3) is 0.950. The van der Waals surface area contributed by atoms with Gasteiger partial charge in [0.05, 0.1) is 0 Å². The Bertz CT molecular complexity index is 620. The summed E-state index contributed by atoms with van der Waals surface area (Å²) in [6.45, 7) is 8.70. The number of carbonyl (C=O) groups excluding carboxylic acids is 2. The van der Waals surface area contributed by atoms with E-state index in [0.29, 0.717) is 12.8 Å². The van der Waals surface area contributed by atoms with Crippen molar-refractivity contribution in [3.05, 3.63) is 0 Å². The van der Waals surface area contributed by atoms with Gasteiger partial charge in [-0.05, 0) is 38.5 Å². The summed E-state index contributed by atoms with van der Waals surface area (Å²) in [5.74, 6) is 2.20. The van der Waals surface area contributed by atoms with Crippen LogP contribution >= 0.6 is 0 Å². The molecule has 4 nitrogen and oxygen atoms in total. The molecule has 0 aromatic heterocycles. The summed E-state index contributed by atoms with van der Waals surface area (Å²) < 4.78 is 0. The van der Waals surface area contributed by atoms with Gasteiger partial charge >= 0.3 is 0 Å². The summed E-state index contributed by atoms with van der Waals surface area (Å²) >= 11 is 0. The molecule has 0 aromatic carbocycles. The Labute approximate surface area is 276 Å². The molecule has 0 radical (unpaired) electrons. The topological polar surface area (TPSA) is 58.2 Å². The lowest BCUT2D eigenvalue weighted by Gasteiger charge is -2.28. The second-order valence-corrected chi connectivity index (χ2v) is 14.3. The first kappa shape index (κ1) is 42.9. The lowest BCUT2D eigenvalue weighted by Crippen LogP contribution is -2.29. The van der Waals surface area contributed by atoms with Crippen molar-refractivity contribution in [3.8, 4) is 0 Å². The molecule has 4 heteroatoms. The van der Waals surface area contributed by atoms with Gasteiger partial charge in [0.1, 0.15) is 0 Å². The van der Waals surface area contributed by atoms with E-state index < -0.39 is 0 Å². The lowest BCUT2D eigenvalue weighted by molar-refractivity contribution is -0.122. The Hall–Kier alpha value is -1.06. The predicted octanol–water partition coefficient (Wildman–Crippen LogP) is 12.2.